The fourth-order valence-corrected chi connectivity index (χ4v) is 4.16. The lowest BCUT2D eigenvalue weighted by atomic mass is 10.2. The molecule has 0 radical (unpaired) electrons. The quantitative estimate of drug-likeness (QED) is 0.220. The van der Waals surface area contributed by atoms with Crippen molar-refractivity contribution in [3.8, 4) is 40.1 Å². The number of nitrogens with one attached hydrogen (secondary N) is 1. The number of nitrogens with zero attached hydrogens (tertiary/aromatic N) is 4. The first-order chi connectivity index (χ1) is 17.5. The summed E-state index contributed by atoms with van der Waals surface area (Å²) in [7, 11) is 7.77. The van der Waals surface area contributed by atoms with Crippen molar-refractivity contribution >= 4 is 23.9 Å². The number of methoxy groups -OCH3 is 5. The monoisotopic (exact) mass is 515 g/mol. The van der Waals surface area contributed by atoms with Crippen molar-refractivity contribution < 1.29 is 28.5 Å². The Hall–Kier alpha value is -3.93. The number of thioether (sulfide) groups is 1. The van der Waals surface area contributed by atoms with E-state index in [1.165, 1.54) is 32.2 Å². The number of aromatic nitrogens is 3. The number of carbonyl (C=O) groups is 1. The molecule has 0 bridgehead atoms. The first-order valence-electron chi connectivity index (χ1n) is 10.9. The Morgan fingerprint density at radius 2 is 1.61 bits per heavy atom. The highest BCUT2D eigenvalue weighted by Crippen LogP contribution is 2.34. The number of hydrogen-bond acceptors (Lipinski definition) is 10. The summed E-state index contributed by atoms with van der Waals surface area (Å²) in [5.74, 6) is 3.25. The largest absolute Gasteiger partial charge is 0.496 e. The highest BCUT2D eigenvalue weighted by Gasteiger charge is 2.17. The summed E-state index contributed by atoms with van der Waals surface area (Å²) >= 11 is 1.26. The van der Waals surface area contributed by atoms with Crippen molar-refractivity contribution in [3.05, 3.63) is 35.9 Å². The molecule has 1 heterocycles. The summed E-state index contributed by atoms with van der Waals surface area (Å²) in [4.78, 5) is 12.4. The number of benzene rings is 2. The van der Waals surface area contributed by atoms with Crippen LogP contribution in [0.5, 0.6) is 28.7 Å². The molecule has 11 nitrogen and oxygen atoms in total. The molecule has 0 saturated heterocycles. The SMILES string of the molecule is CCn1c(SCC(=O)N/N=C\c2c(OC)cc(OC)cc2OC)nnc1-c1ccc(OC)c(OC)c1. The van der Waals surface area contributed by atoms with E-state index in [1.807, 2.05) is 29.7 Å². The molecule has 3 rings (SSSR count). The van der Waals surface area contributed by atoms with E-state index in [1.54, 1.807) is 33.5 Å². The van der Waals surface area contributed by atoms with E-state index >= 15 is 0 Å². The standard InChI is InChI=1S/C24H29N5O6S/c1-7-29-23(15-8-9-18(32-3)21(10-15)35-6)27-28-24(29)36-14-22(30)26-25-13-17-19(33-4)11-16(31-2)12-20(17)34-5/h8-13H,7,14H2,1-6H3,(H,26,30)/b25-13-. The molecule has 0 aliphatic carbocycles. The zero-order valence-electron chi connectivity index (χ0n) is 21.0. The van der Waals surface area contributed by atoms with Crippen LogP contribution in [0.2, 0.25) is 0 Å². The van der Waals surface area contributed by atoms with Crippen molar-refractivity contribution in [1.82, 2.24) is 20.2 Å². The van der Waals surface area contributed by atoms with Crippen LogP contribution in [0.3, 0.4) is 0 Å². The molecule has 0 aliphatic heterocycles. The lowest BCUT2D eigenvalue weighted by molar-refractivity contribution is -0.118. The Balaban J connectivity index is 1.68. The number of carbonyl (C=O) groups excluding carboxylic acids is 1. The van der Waals surface area contributed by atoms with E-state index in [2.05, 4.69) is 20.7 Å². The Labute approximate surface area is 213 Å². The fraction of sp³-hybridized carbons (Fsp3) is 0.333. The van der Waals surface area contributed by atoms with Crippen LogP contribution >= 0.6 is 11.8 Å². The summed E-state index contributed by atoms with van der Waals surface area (Å²) in [6, 6.07) is 8.94. The van der Waals surface area contributed by atoms with Crippen LogP contribution in [-0.2, 0) is 11.3 Å². The topological polar surface area (TPSA) is 118 Å². The maximum absolute atomic E-state index is 12.4. The zero-order chi connectivity index (χ0) is 26.1. The summed E-state index contributed by atoms with van der Waals surface area (Å²) in [6.07, 6.45) is 1.46. The van der Waals surface area contributed by atoms with Crippen LogP contribution in [0.1, 0.15) is 12.5 Å². The molecule has 0 fully saturated rings. The number of amides is 1. The second-order valence-electron chi connectivity index (χ2n) is 7.15. The molecular formula is C24H29N5O6S. The van der Waals surface area contributed by atoms with Gasteiger partial charge in [-0.05, 0) is 25.1 Å². The van der Waals surface area contributed by atoms with Crippen LogP contribution < -0.4 is 29.1 Å². The highest BCUT2D eigenvalue weighted by molar-refractivity contribution is 7.99. The summed E-state index contributed by atoms with van der Waals surface area (Å²) in [5.41, 5.74) is 3.91. The van der Waals surface area contributed by atoms with E-state index in [-0.39, 0.29) is 11.7 Å². The molecule has 0 spiro atoms. The minimum Gasteiger partial charge on any atom is -0.496 e. The van der Waals surface area contributed by atoms with Gasteiger partial charge < -0.3 is 28.3 Å². The van der Waals surface area contributed by atoms with E-state index in [4.69, 9.17) is 23.7 Å². The van der Waals surface area contributed by atoms with Crippen LogP contribution in [0.15, 0.2) is 40.6 Å². The molecule has 192 valence electrons. The van der Waals surface area contributed by atoms with Crippen molar-refractivity contribution in [2.45, 2.75) is 18.6 Å². The van der Waals surface area contributed by atoms with Crippen molar-refractivity contribution in [3.63, 3.8) is 0 Å². The summed E-state index contributed by atoms with van der Waals surface area (Å²) in [5, 5.41) is 13.2. The van der Waals surface area contributed by atoms with E-state index in [0.717, 1.165) is 5.56 Å². The molecule has 1 aromatic heterocycles. The van der Waals surface area contributed by atoms with Gasteiger partial charge in [-0.3, -0.25) is 4.79 Å². The van der Waals surface area contributed by atoms with Crippen LogP contribution in [-0.4, -0.2) is 68.2 Å². The van der Waals surface area contributed by atoms with Gasteiger partial charge in [0.05, 0.1) is 53.1 Å². The minimum atomic E-state index is -0.305. The number of hydrazone groups is 1. The number of rotatable bonds is 12. The first kappa shape index (κ1) is 26.7. The van der Waals surface area contributed by atoms with Crippen LogP contribution in [0.4, 0.5) is 0 Å². The van der Waals surface area contributed by atoms with Gasteiger partial charge >= 0.3 is 0 Å². The molecule has 0 unspecified atom stereocenters. The third-order valence-electron chi connectivity index (χ3n) is 5.14. The third-order valence-corrected chi connectivity index (χ3v) is 6.11. The minimum absolute atomic E-state index is 0.0955. The molecule has 1 amide bonds. The van der Waals surface area contributed by atoms with Crippen molar-refractivity contribution in [1.29, 1.82) is 0 Å². The smallest absolute Gasteiger partial charge is 0.250 e. The average molecular weight is 516 g/mol. The lowest BCUT2D eigenvalue weighted by Crippen LogP contribution is -2.20. The van der Waals surface area contributed by atoms with E-state index in [9.17, 15) is 4.79 Å². The maximum atomic E-state index is 12.4. The van der Waals surface area contributed by atoms with Gasteiger partial charge in [0.15, 0.2) is 22.5 Å². The summed E-state index contributed by atoms with van der Waals surface area (Å²) in [6.45, 7) is 2.60. The fourth-order valence-electron chi connectivity index (χ4n) is 3.36. The maximum Gasteiger partial charge on any atom is 0.250 e. The molecule has 12 heteroatoms. The zero-order valence-corrected chi connectivity index (χ0v) is 21.8. The Morgan fingerprint density at radius 3 is 2.19 bits per heavy atom. The van der Waals surface area contributed by atoms with Gasteiger partial charge in [-0.1, -0.05) is 11.8 Å². The highest BCUT2D eigenvalue weighted by atomic mass is 32.2. The Kier molecular flexibility index (Phi) is 9.39. The van der Waals surface area contributed by atoms with E-state index in [0.29, 0.717) is 51.8 Å². The average Bonchev–Trinajstić information content (AvgIpc) is 3.34. The van der Waals surface area contributed by atoms with Crippen molar-refractivity contribution in [2.24, 2.45) is 5.10 Å². The molecule has 36 heavy (non-hydrogen) atoms. The Morgan fingerprint density at radius 1 is 0.944 bits per heavy atom. The molecule has 3 aromatic rings. The number of hydrogen-bond donors (Lipinski definition) is 1. The molecule has 1 N–H and O–H groups in total. The summed E-state index contributed by atoms with van der Waals surface area (Å²) < 4.78 is 28.6. The second kappa shape index (κ2) is 12.7. The molecule has 0 saturated carbocycles. The van der Waals surface area contributed by atoms with Crippen LogP contribution in [0, 0.1) is 0 Å². The van der Waals surface area contributed by atoms with Crippen LogP contribution in [0.25, 0.3) is 11.4 Å². The molecule has 0 atom stereocenters. The molecule has 2 aromatic carbocycles. The van der Waals surface area contributed by atoms with Gasteiger partial charge in [0.2, 0.25) is 0 Å². The molecule has 0 aliphatic rings. The first-order valence-corrected chi connectivity index (χ1v) is 11.9. The number of ether oxygens (including phenoxy) is 5. The predicted octanol–water partition coefficient (Wildman–Crippen LogP) is 3.25. The van der Waals surface area contributed by atoms with Gasteiger partial charge in [-0.25, -0.2) is 5.43 Å². The van der Waals surface area contributed by atoms with Gasteiger partial charge in [0, 0.05) is 24.2 Å². The normalized spacial score (nSPS) is 10.8. The van der Waals surface area contributed by atoms with Gasteiger partial charge in [-0.2, -0.15) is 5.10 Å². The lowest BCUT2D eigenvalue weighted by Gasteiger charge is -2.12. The predicted molar refractivity (Wildman–Crippen MR) is 137 cm³/mol. The Bertz CT molecular complexity index is 1200. The van der Waals surface area contributed by atoms with E-state index < -0.39 is 0 Å². The van der Waals surface area contributed by atoms with Gasteiger partial charge in [-0.15, -0.1) is 10.2 Å². The third kappa shape index (κ3) is 6.00. The molecular weight excluding hydrogens is 486 g/mol. The van der Waals surface area contributed by atoms with Crippen molar-refractivity contribution in [2.75, 3.05) is 41.3 Å². The second-order valence-corrected chi connectivity index (χ2v) is 8.09. The van der Waals surface area contributed by atoms with Gasteiger partial charge in [0.25, 0.3) is 5.91 Å². The van der Waals surface area contributed by atoms with Gasteiger partial charge in [0.1, 0.15) is 17.2 Å².